The molecule has 1 aliphatic rings. The number of carbonyl (C=O) groups is 1. The van der Waals surface area contributed by atoms with Crippen LogP contribution in [0.4, 0.5) is 0 Å². The number of nitrogens with zero attached hydrogens (tertiary/aromatic N) is 2. The van der Waals surface area contributed by atoms with Crippen molar-refractivity contribution in [2.24, 2.45) is 0 Å². The number of aromatic hydroxyl groups is 1. The lowest BCUT2D eigenvalue weighted by Crippen LogP contribution is -2.29. The Hall–Kier alpha value is -3.45. The number of benzene rings is 2. The van der Waals surface area contributed by atoms with Crippen molar-refractivity contribution >= 4 is 17.5 Å². The molecular weight excluding hydrogens is 430 g/mol. The molecule has 1 unspecified atom stereocenters. The topological polar surface area (TPSA) is 87.7 Å². The van der Waals surface area contributed by atoms with Crippen LogP contribution in [0.25, 0.3) is 11.3 Å². The molecule has 0 aliphatic carbocycles. The molecule has 0 spiro atoms. The van der Waals surface area contributed by atoms with Gasteiger partial charge < -0.3 is 19.5 Å². The Labute approximate surface area is 191 Å². The molecule has 2 N–H and O–H groups in total. The number of halogens is 1. The zero-order valence-electron chi connectivity index (χ0n) is 17.9. The van der Waals surface area contributed by atoms with E-state index >= 15 is 0 Å². The number of phenols is 1. The van der Waals surface area contributed by atoms with Crippen LogP contribution in [0.5, 0.6) is 17.2 Å². The Kier molecular flexibility index (Phi) is 6.10. The first-order valence-corrected chi connectivity index (χ1v) is 10.8. The molecule has 0 saturated carbocycles. The Morgan fingerprint density at radius 2 is 1.94 bits per heavy atom. The van der Waals surface area contributed by atoms with Gasteiger partial charge in [-0.2, -0.15) is 5.10 Å². The molecule has 2 aromatic carbocycles. The maximum atomic E-state index is 13.2. The maximum Gasteiger partial charge on any atom is 0.273 e. The minimum atomic E-state index is -0.461. The van der Waals surface area contributed by atoms with Gasteiger partial charge in [0.05, 0.1) is 19.3 Å². The van der Waals surface area contributed by atoms with Crippen molar-refractivity contribution < 1.29 is 19.4 Å². The van der Waals surface area contributed by atoms with E-state index in [1.807, 2.05) is 32.0 Å². The van der Waals surface area contributed by atoms with Crippen molar-refractivity contribution in [2.45, 2.75) is 19.9 Å². The van der Waals surface area contributed by atoms with Crippen LogP contribution in [0.3, 0.4) is 0 Å². The van der Waals surface area contributed by atoms with Crippen LogP contribution >= 0.6 is 11.6 Å². The van der Waals surface area contributed by atoms with Gasteiger partial charge in [-0.3, -0.25) is 9.89 Å². The summed E-state index contributed by atoms with van der Waals surface area (Å²) in [5.41, 5.74) is 2.79. The summed E-state index contributed by atoms with van der Waals surface area (Å²) in [4.78, 5) is 14.9. The van der Waals surface area contributed by atoms with Gasteiger partial charge >= 0.3 is 0 Å². The number of hydrogen-bond donors (Lipinski definition) is 2. The van der Waals surface area contributed by atoms with Crippen LogP contribution in [0.15, 0.2) is 49.1 Å². The smallest absolute Gasteiger partial charge is 0.273 e. The lowest BCUT2D eigenvalue weighted by molar-refractivity contribution is 0.0764. The van der Waals surface area contributed by atoms with E-state index in [-0.39, 0.29) is 11.7 Å². The molecule has 3 aromatic rings. The van der Waals surface area contributed by atoms with Gasteiger partial charge in [0.1, 0.15) is 17.1 Å². The third-order valence-corrected chi connectivity index (χ3v) is 5.52. The van der Waals surface area contributed by atoms with E-state index in [1.165, 1.54) is 6.07 Å². The zero-order chi connectivity index (χ0) is 22.8. The molecule has 1 aliphatic heterocycles. The number of phenolic OH excluding ortho intramolecular Hbond substituents is 1. The van der Waals surface area contributed by atoms with E-state index in [4.69, 9.17) is 21.1 Å². The predicted molar refractivity (Wildman–Crippen MR) is 123 cm³/mol. The maximum absolute atomic E-state index is 13.2. The molecule has 8 heteroatoms. The molecule has 1 amide bonds. The fourth-order valence-electron chi connectivity index (χ4n) is 4.01. The second kappa shape index (κ2) is 8.96. The first kappa shape index (κ1) is 21.8. The van der Waals surface area contributed by atoms with Crippen molar-refractivity contribution in [2.75, 3.05) is 19.8 Å². The van der Waals surface area contributed by atoms with E-state index in [0.29, 0.717) is 58.8 Å². The summed E-state index contributed by atoms with van der Waals surface area (Å²) in [6.45, 7) is 8.94. The van der Waals surface area contributed by atoms with E-state index < -0.39 is 6.04 Å². The minimum absolute atomic E-state index is 0.0266. The third-order valence-electron chi connectivity index (χ3n) is 5.29. The monoisotopic (exact) mass is 453 g/mol. The average Bonchev–Trinajstić information content (AvgIpc) is 3.31. The molecule has 7 nitrogen and oxygen atoms in total. The van der Waals surface area contributed by atoms with Crippen molar-refractivity contribution in [3.63, 3.8) is 0 Å². The number of nitrogens with one attached hydrogen (secondary N) is 1. The molecule has 0 radical (unpaired) electrons. The lowest BCUT2D eigenvalue weighted by atomic mass is 9.95. The highest BCUT2D eigenvalue weighted by Crippen LogP contribution is 2.46. The number of fused-ring (bicyclic) bond motifs is 1. The van der Waals surface area contributed by atoms with Gasteiger partial charge in [-0.15, -0.1) is 6.58 Å². The molecule has 166 valence electrons. The van der Waals surface area contributed by atoms with Crippen LogP contribution in [0, 0.1) is 0 Å². The number of H-pyrrole nitrogens is 1. The summed E-state index contributed by atoms with van der Waals surface area (Å²) in [6, 6.07) is 9.91. The van der Waals surface area contributed by atoms with Gasteiger partial charge in [0, 0.05) is 22.7 Å². The fraction of sp³-hybridized carbons (Fsp3) is 0.250. The van der Waals surface area contributed by atoms with Gasteiger partial charge in [-0.05, 0) is 49.7 Å². The van der Waals surface area contributed by atoms with E-state index in [2.05, 4.69) is 16.8 Å². The molecule has 0 saturated heterocycles. The Bertz CT molecular complexity index is 1170. The minimum Gasteiger partial charge on any atom is -0.507 e. The van der Waals surface area contributed by atoms with Crippen LogP contribution in [-0.4, -0.2) is 45.9 Å². The number of aromatic nitrogens is 2. The number of rotatable bonds is 8. The SMILES string of the molecule is C=CCN1C(=O)c2[nH]nc(-c3cc(Cl)ccc3O)c2C1c1ccc(OCC)c(OCC)c1. The Balaban J connectivity index is 1.90. The van der Waals surface area contributed by atoms with Gasteiger partial charge in [0.2, 0.25) is 0 Å². The summed E-state index contributed by atoms with van der Waals surface area (Å²) in [7, 11) is 0. The van der Waals surface area contributed by atoms with Gasteiger partial charge in [0.25, 0.3) is 5.91 Å². The van der Waals surface area contributed by atoms with Gasteiger partial charge in [-0.25, -0.2) is 0 Å². The van der Waals surface area contributed by atoms with E-state index in [9.17, 15) is 9.90 Å². The number of carbonyl (C=O) groups excluding carboxylic acids is 1. The van der Waals surface area contributed by atoms with Gasteiger partial charge in [0.15, 0.2) is 11.5 Å². The quantitative estimate of drug-likeness (QED) is 0.470. The highest BCUT2D eigenvalue weighted by molar-refractivity contribution is 6.31. The van der Waals surface area contributed by atoms with Gasteiger partial charge in [-0.1, -0.05) is 23.7 Å². The summed E-state index contributed by atoms with van der Waals surface area (Å²) < 4.78 is 11.5. The van der Waals surface area contributed by atoms with E-state index in [1.54, 1.807) is 23.1 Å². The molecule has 4 rings (SSSR count). The summed E-state index contributed by atoms with van der Waals surface area (Å²) in [6.07, 6.45) is 1.68. The second-order valence-electron chi connectivity index (χ2n) is 7.24. The number of ether oxygens (including phenoxy) is 2. The highest BCUT2D eigenvalue weighted by atomic mass is 35.5. The van der Waals surface area contributed by atoms with E-state index in [0.717, 1.165) is 5.56 Å². The Morgan fingerprint density at radius 3 is 2.66 bits per heavy atom. The summed E-state index contributed by atoms with van der Waals surface area (Å²) in [5, 5.41) is 18.2. The standard InChI is InChI=1S/C24H24ClN3O4/c1-4-11-28-23(14-7-10-18(31-5-2)19(12-14)32-6-3)20-21(26-27-22(20)24(28)30)16-13-15(25)8-9-17(16)29/h4,7-10,12-13,23,29H,1,5-6,11H2,2-3H3,(H,26,27). The molecule has 0 bridgehead atoms. The van der Waals surface area contributed by atoms with Crippen LogP contribution in [0.1, 0.15) is 41.5 Å². The van der Waals surface area contributed by atoms with Crippen molar-refractivity contribution in [3.05, 3.63) is 70.9 Å². The third kappa shape index (κ3) is 3.69. The van der Waals surface area contributed by atoms with Crippen LogP contribution in [0.2, 0.25) is 5.02 Å². The molecule has 0 fully saturated rings. The highest BCUT2D eigenvalue weighted by Gasteiger charge is 2.42. The first-order valence-electron chi connectivity index (χ1n) is 10.4. The normalized spacial score (nSPS) is 15.0. The molecular formula is C24H24ClN3O4. The number of amides is 1. The number of aromatic amines is 1. The Morgan fingerprint density at radius 1 is 1.19 bits per heavy atom. The zero-order valence-corrected chi connectivity index (χ0v) is 18.6. The number of hydrogen-bond acceptors (Lipinski definition) is 5. The van der Waals surface area contributed by atoms with Crippen molar-refractivity contribution in [1.29, 1.82) is 0 Å². The summed E-state index contributed by atoms with van der Waals surface area (Å²) in [5.74, 6) is 1.07. The molecule has 32 heavy (non-hydrogen) atoms. The lowest BCUT2D eigenvalue weighted by Gasteiger charge is -2.26. The van der Waals surface area contributed by atoms with Crippen molar-refractivity contribution in [3.8, 4) is 28.5 Å². The second-order valence-corrected chi connectivity index (χ2v) is 7.68. The average molecular weight is 454 g/mol. The summed E-state index contributed by atoms with van der Waals surface area (Å²) >= 11 is 6.18. The first-order chi connectivity index (χ1) is 15.5. The largest absolute Gasteiger partial charge is 0.507 e. The molecule has 1 aromatic heterocycles. The molecule has 2 heterocycles. The van der Waals surface area contributed by atoms with Crippen molar-refractivity contribution in [1.82, 2.24) is 15.1 Å². The molecule has 1 atom stereocenters. The predicted octanol–water partition coefficient (Wildman–Crippen LogP) is 4.96. The fourth-order valence-corrected chi connectivity index (χ4v) is 4.18. The van der Waals surface area contributed by atoms with Crippen LogP contribution in [-0.2, 0) is 0 Å². The van der Waals surface area contributed by atoms with Crippen LogP contribution < -0.4 is 9.47 Å².